The van der Waals surface area contributed by atoms with Gasteiger partial charge >= 0.3 is 0 Å². The van der Waals surface area contributed by atoms with Crippen LogP contribution in [-0.2, 0) is 0 Å². The van der Waals surface area contributed by atoms with Gasteiger partial charge in [0.25, 0.3) is 0 Å². The van der Waals surface area contributed by atoms with E-state index < -0.39 is 0 Å². The largest absolute Gasteiger partial charge is 0.494 e. The first-order chi connectivity index (χ1) is 15.7. The molecule has 32 heavy (non-hydrogen) atoms. The summed E-state index contributed by atoms with van der Waals surface area (Å²) in [5.74, 6) is 0.809. The molecule has 1 N–H and O–H groups in total. The Kier molecular flexibility index (Phi) is 6.14. The van der Waals surface area contributed by atoms with Crippen LogP contribution in [0.15, 0.2) is 64.8 Å². The van der Waals surface area contributed by atoms with Crippen LogP contribution in [0.4, 0.5) is 5.69 Å². The summed E-state index contributed by atoms with van der Waals surface area (Å²) in [5.41, 5.74) is 2.11. The number of hydrogen-bond acceptors (Lipinski definition) is 5. The minimum absolute atomic E-state index is 0.0872. The number of anilines is 1. The highest BCUT2D eigenvalue weighted by molar-refractivity contribution is 7.17. The van der Waals surface area contributed by atoms with Crippen molar-refractivity contribution in [3.63, 3.8) is 0 Å². The molecule has 5 nitrogen and oxygen atoms in total. The molecule has 0 amide bonds. The van der Waals surface area contributed by atoms with Gasteiger partial charge < -0.3 is 14.6 Å². The number of benzene rings is 2. The van der Waals surface area contributed by atoms with Gasteiger partial charge in [-0.1, -0.05) is 6.07 Å². The molecule has 1 fully saturated rings. The van der Waals surface area contributed by atoms with Crippen LogP contribution < -0.4 is 15.2 Å². The van der Waals surface area contributed by atoms with Gasteiger partial charge in [0, 0.05) is 53.6 Å². The summed E-state index contributed by atoms with van der Waals surface area (Å²) < 4.78 is 7.30. The fraction of sp³-hybridized carbons (Fsp3) is 0.346. The number of H-pyrrole nitrogens is 1. The molecule has 5 rings (SSSR count). The lowest BCUT2D eigenvalue weighted by molar-refractivity contribution is 0.181. The number of hydrogen-bond donors (Lipinski definition) is 1. The van der Waals surface area contributed by atoms with E-state index in [2.05, 4.69) is 51.4 Å². The average Bonchev–Trinajstić information content (AvgIpc) is 3.28. The molecule has 3 heterocycles. The first-order valence-electron chi connectivity index (χ1n) is 11.4. The Labute approximate surface area is 192 Å². The molecular formula is C26H29N3O2S. The van der Waals surface area contributed by atoms with E-state index in [9.17, 15) is 4.79 Å². The van der Waals surface area contributed by atoms with Crippen molar-refractivity contribution in [2.75, 3.05) is 37.7 Å². The molecule has 2 aromatic carbocycles. The lowest BCUT2D eigenvalue weighted by Gasteiger charge is -2.41. The van der Waals surface area contributed by atoms with Crippen LogP contribution in [0.2, 0.25) is 0 Å². The number of aromatic amines is 1. The summed E-state index contributed by atoms with van der Waals surface area (Å²) in [5, 5.41) is 4.58. The SMILES string of the molecule is CC1CN(c2cccc3sccc23)CCN1CCCCOc1ccc2ccc(=O)[nH]c2c1. The Morgan fingerprint density at radius 3 is 2.91 bits per heavy atom. The number of nitrogens with one attached hydrogen (secondary N) is 1. The molecule has 166 valence electrons. The first-order valence-corrected chi connectivity index (χ1v) is 12.3. The van der Waals surface area contributed by atoms with Crippen molar-refractivity contribution in [2.24, 2.45) is 0 Å². The van der Waals surface area contributed by atoms with Gasteiger partial charge in [0.05, 0.1) is 12.1 Å². The molecule has 0 bridgehead atoms. The van der Waals surface area contributed by atoms with Crippen molar-refractivity contribution in [3.8, 4) is 5.75 Å². The Morgan fingerprint density at radius 1 is 1.09 bits per heavy atom. The van der Waals surface area contributed by atoms with E-state index in [0.717, 1.165) is 55.7 Å². The molecule has 6 heteroatoms. The first kappa shape index (κ1) is 21.0. The third-order valence-corrected chi connectivity index (χ3v) is 7.27. The number of rotatable bonds is 7. The van der Waals surface area contributed by atoms with Crippen LogP contribution in [0.25, 0.3) is 21.0 Å². The minimum Gasteiger partial charge on any atom is -0.494 e. The maximum absolute atomic E-state index is 11.5. The number of unbranched alkanes of at least 4 members (excludes halogenated alkanes) is 1. The van der Waals surface area contributed by atoms with Gasteiger partial charge in [-0.2, -0.15) is 0 Å². The Morgan fingerprint density at radius 2 is 2.00 bits per heavy atom. The van der Waals surface area contributed by atoms with Crippen LogP contribution in [-0.4, -0.2) is 48.7 Å². The zero-order valence-electron chi connectivity index (χ0n) is 18.4. The highest BCUT2D eigenvalue weighted by Crippen LogP contribution is 2.31. The van der Waals surface area contributed by atoms with Crippen molar-refractivity contribution >= 4 is 38.0 Å². The highest BCUT2D eigenvalue weighted by Gasteiger charge is 2.24. The second kappa shape index (κ2) is 9.35. The van der Waals surface area contributed by atoms with E-state index in [1.165, 1.54) is 15.8 Å². The fourth-order valence-corrected chi connectivity index (χ4v) is 5.43. The Hall–Kier alpha value is -2.83. The van der Waals surface area contributed by atoms with E-state index >= 15 is 0 Å². The molecule has 1 aliphatic heterocycles. The van der Waals surface area contributed by atoms with Crippen molar-refractivity contribution in [3.05, 3.63) is 70.3 Å². The zero-order valence-corrected chi connectivity index (χ0v) is 19.2. The highest BCUT2D eigenvalue weighted by atomic mass is 32.1. The summed E-state index contributed by atoms with van der Waals surface area (Å²) in [6.45, 7) is 7.38. The maximum Gasteiger partial charge on any atom is 0.248 e. The van der Waals surface area contributed by atoms with Gasteiger partial charge in [-0.15, -0.1) is 11.3 Å². The van der Waals surface area contributed by atoms with E-state index in [1.54, 1.807) is 6.07 Å². The van der Waals surface area contributed by atoms with Crippen molar-refractivity contribution in [1.82, 2.24) is 9.88 Å². The van der Waals surface area contributed by atoms with Crippen LogP contribution in [0.1, 0.15) is 19.8 Å². The van der Waals surface area contributed by atoms with Gasteiger partial charge in [0.2, 0.25) is 5.56 Å². The van der Waals surface area contributed by atoms with Crippen LogP contribution in [0.5, 0.6) is 5.75 Å². The van der Waals surface area contributed by atoms with Crippen molar-refractivity contribution in [1.29, 1.82) is 0 Å². The number of piperazine rings is 1. The molecule has 1 unspecified atom stereocenters. The number of aromatic nitrogens is 1. The molecule has 1 saturated heterocycles. The third kappa shape index (κ3) is 4.52. The second-order valence-electron chi connectivity index (χ2n) is 8.57. The quantitative estimate of drug-likeness (QED) is 0.400. The lowest BCUT2D eigenvalue weighted by Crippen LogP contribution is -2.52. The molecule has 0 saturated carbocycles. The lowest BCUT2D eigenvalue weighted by atomic mass is 10.1. The summed E-state index contributed by atoms with van der Waals surface area (Å²) >= 11 is 1.82. The Bertz CT molecular complexity index is 1260. The molecule has 0 aliphatic carbocycles. The predicted molar refractivity (Wildman–Crippen MR) is 134 cm³/mol. The number of fused-ring (bicyclic) bond motifs is 2. The number of nitrogens with zero attached hydrogens (tertiary/aromatic N) is 2. The molecule has 0 radical (unpaired) electrons. The van der Waals surface area contributed by atoms with Crippen molar-refractivity contribution in [2.45, 2.75) is 25.8 Å². The predicted octanol–water partition coefficient (Wildman–Crippen LogP) is 5.11. The summed E-state index contributed by atoms with van der Waals surface area (Å²) in [6.07, 6.45) is 2.14. The summed E-state index contributed by atoms with van der Waals surface area (Å²) in [6, 6.07) is 18.7. The monoisotopic (exact) mass is 447 g/mol. The van der Waals surface area contributed by atoms with E-state index in [-0.39, 0.29) is 5.56 Å². The molecule has 2 aromatic heterocycles. The number of ether oxygens (including phenoxy) is 1. The van der Waals surface area contributed by atoms with Gasteiger partial charge in [-0.25, -0.2) is 0 Å². The van der Waals surface area contributed by atoms with Crippen molar-refractivity contribution < 1.29 is 4.74 Å². The fourth-order valence-electron chi connectivity index (χ4n) is 4.63. The second-order valence-corrected chi connectivity index (χ2v) is 9.52. The van der Waals surface area contributed by atoms with Crippen LogP contribution in [0, 0.1) is 0 Å². The molecule has 4 aromatic rings. The Balaban J connectivity index is 1.09. The maximum atomic E-state index is 11.5. The minimum atomic E-state index is -0.0872. The van der Waals surface area contributed by atoms with E-state index in [1.807, 2.05) is 35.6 Å². The van der Waals surface area contributed by atoms with Gasteiger partial charge in [-0.3, -0.25) is 9.69 Å². The molecular weight excluding hydrogens is 418 g/mol. The average molecular weight is 448 g/mol. The van der Waals surface area contributed by atoms with E-state index in [0.29, 0.717) is 12.6 Å². The molecule has 1 atom stereocenters. The van der Waals surface area contributed by atoms with Crippen LogP contribution >= 0.6 is 11.3 Å². The standard InChI is InChI=1S/C26H29N3O2S/c1-19-18-29(24-5-4-6-25-22(24)11-16-32-25)14-13-28(19)12-2-3-15-31-21-9-7-20-8-10-26(30)27-23(20)17-21/h4-11,16-17,19H,2-3,12-15,18H2,1H3,(H,27,30). The number of thiophene rings is 1. The summed E-state index contributed by atoms with van der Waals surface area (Å²) in [4.78, 5) is 19.5. The van der Waals surface area contributed by atoms with Gasteiger partial charge in [0.1, 0.15) is 5.75 Å². The molecule has 1 aliphatic rings. The molecule has 0 spiro atoms. The van der Waals surface area contributed by atoms with E-state index in [4.69, 9.17) is 4.74 Å². The zero-order chi connectivity index (χ0) is 21.9. The van der Waals surface area contributed by atoms with Gasteiger partial charge in [-0.05, 0) is 73.5 Å². The van der Waals surface area contributed by atoms with Gasteiger partial charge in [0.15, 0.2) is 0 Å². The van der Waals surface area contributed by atoms with Crippen LogP contribution in [0.3, 0.4) is 0 Å². The third-order valence-electron chi connectivity index (χ3n) is 6.38. The number of pyridine rings is 1. The smallest absolute Gasteiger partial charge is 0.248 e. The summed E-state index contributed by atoms with van der Waals surface area (Å²) in [7, 11) is 0. The topological polar surface area (TPSA) is 48.6 Å². The normalized spacial score (nSPS) is 17.3.